The Labute approximate surface area is 98.1 Å². The van der Waals surface area contributed by atoms with Crippen molar-refractivity contribution >= 4 is 0 Å². The van der Waals surface area contributed by atoms with Gasteiger partial charge in [0.05, 0.1) is 46.2 Å². The van der Waals surface area contributed by atoms with Crippen molar-refractivity contribution in [2.75, 3.05) is 59.3 Å². The first-order valence-electron chi connectivity index (χ1n) is 5.96. The number of aliphatic hydroxyl groups is 1. The van der Waals surface area contributed by atoms with E-state index in [1.165, 1.54) is 0 Å². The number of ether oxygens (including phenoxy) is 3. The van der Waals surface area contributed by atoms with Crippen LogP contribution >= 0.6 is 0 Å². The highest BCUT2D eigenvalue weighted by molar-refractivity contribution is 4.43. The summed E-state index contributed by atoms with van der Waals surface area (Å²) < 4.78 is 15.6. The van der Waals surface area contributed by atoms with Crippen LogP contribution in [-0.2, 0) is 14.2 Å². The van der Waals surface area contributed by atoms with Crippen molar-refractivity contribution in [1.82, 2.24) is 5.32 Å². The average Bonchev–Trinajstić information content (AvgIpc) is 2.31. The molecule has 0 spiro atoms. The van der Waals surface area contributed by atoms with Crippen LogP contribution < -0.4 is 5.32 Å². The van der Waals surface area contributed by atoms with Crippen LogP contribution in [0.25, 0.3) is 0 Å². The van der Waals surface area contributed by atoms with Gasteiger partial charge in [-0.3, -0.25) is 0 Å². The molecule has 5 nitrogen and oxygen atoms in total. The smallest absolute Gasteiger partial charge is 0.0701 e. The van der Waals surface area contributed by atoms with Crippen LogP contribution in [0.4, 0.5) is 0 Å². The fourth-order valence-electron chi connectivity index (χ4n) is 1.05. The van der Waals surface area contributed by atoms with E-state index in [-0.39, 0.29) is 6.61 Å². The Morgan fingerprint density at radius 2 is 1.38 bits per heavy atom. The first-order valence-corrected chi connectivity index (χ1v) is 5.96. The maximum atomic E-state index is 8.44. The van der Waals surface area contributed by atoms with Crippen LogP contribution in [0, 0.1) is 0 Å². The molecule has 0 unspecified atom stereocenters. The lowest BCUT2D eigenvalue weighted by Crippen LogP contribution is -2.21. The molecule has 0 saturated heterocycles. The van der Waals surface area contributed by atoms with Crippen molar-refractivity contribution in [2.45, 2.75) is 13.3 Å². The van der Waals surface area contributed by atoms with Gasteiger partial charge in [-0.1, -0.05) is 6.92 Å². The second-order valence-corrected chi connectivity index (χ2v) is 3.31. The number of rotatable bonds is 13. The van der Waals surface area contributed by atoms with Gasteiger partial charge in [0.2, 0.25) is 0 Å². The molecule has 0 heterocycles. The van der Waals surface area contributed by atoms with Crippen LogP contribution in [0.3, 0.4) is 0 Å². The van der Waals surface area contributed by atoms with Crippen LogP contribution in [0.15, 0.2) is 0 Å². The van der Waals surface area contributed by atoms with Gasteiger partial charge in [0.15, 0.2) is 0 Å². The molecular weight excluding hydrogens is 210 g/mol. The molecular formula is C11H25NO4. The predicted molar refractivity (Wildman–Crippen MR) is 62.7 cm³/mol. The van der Waals surface area contributed by atoms with Crippen molar-refractivity contribution in [2.24, 2.45) is 0 Å². The molecule has 16 heavy (non-hydrogen) atoms. The number of aliphatic hydroxyl groups excluding tert-OH is 1. The monoisotopic (exact) mass is 235 g/mol. The summed E-state index contributed by atoms with van der Waals surface area (Å²) in [5.74, 6) is 0. The highest BCUT2D eigenvalue weighted by Crippen LogP contribution is 1.80. The van der Waals surface area contributed by atoms with E-state index in [0.717, 1.165) is 26.1 Å². The minimum atomic E-state index is 0.0634. The third-order valence-corrected chi connectivity index (χ3v) is 1.83. The molecule has 0 bridgehead atoms. The minimum Gasteiger partial charge on any atom is -0.394 e. The second-order valence-electron chi connectivity index (χ2n) is 3.31. The number of nitrogens with one attached hydrogen (secondary N) is 1. The minimum absolute atomic E-state index is 0.0634. The Kier molecular flexibility index (Phi) is 14.6. The van der Waals surface area contributed by atoms with Crippen LogP contribution in [0.2, 0.25) is 0 Å². The SMILES string of the molecule is CCCNCCOCCOCCOCCO. The van der Waals surface area contributed by atoms with E-state index in [4.69, 9.17) is 19.3 Å². The van der Waals surface area contributed by atoms with E-state index in [9.17, 15) is 0 Å². The van der Waals surface area contributed by atoms with Crippen molar-refractivity contribution in [1.29, 1.82) is 0 Å². The summed E-state index contributed by atoms with van der Waals surface area (Å²) in [6, 6.07) is 0. The second kappa shape index (κ2) is 14.8. The summed E-state index contributed by atoms with van der Waals surface area (Å²) >= 11 is 0. The van der Waals surface area contributed by atoms with Gasteiger partial charge in [-0.15, -0.1) is 0 Å². The van der Waals surface area contributed by atoms with Crippen LogP contribution in [0.5, 0.6) is 0 Å². The Morgan fingerprint density at radius 3 is 1.94 bits per heavy atom. The number of hydrogen-bond acceptors (Lipinski definition) is 5. The third kappa shape index (κ3) is 13.8. The summed E-state index contributed by atoms with van der Waals surface area (Å²) in [5, 5.41) is 11.7. The molecule has 0 aliphatic heterocycles. The highest BCUT2D eigenvalue weighted by Gasteiger charge is 1.91. The molecule has 2 N–H and O–H groups in total. The van der Waals surface area contributed by atoms with Gasteiger partial charge >= 0.3 is 0 Å². The molecule has 0 fully saturated rings. The summed E-state index contributed by atoms with van der Waals surface area (Å²) in [6.45, 7) is 7.54. The summed E-state index contributed by atoms with van der Waals surface area (Å²) in [4.78, 5) is 0. The molecule has 98 valence electrons. The Bertz CT molecular complexity index is 111. The molecule has 0 amide bonds. The molecule has 0 aromatic rings. The van der Waals surface area contributed by atoms with Gasteiger partial charge in [-0.2, -0.15) is 0 Å². The maximum absolute atomic E-state index is 8.44. The maximum Gasteiger partial charge on any atom is 0.0701 e. The molecule has 0 aromatic heterocycles. The van der Waals surface area contributed by atoms with Gasteiger partial charge < -0.3 is 24.6 Å². The average molecular weight is 235 g/mol. The Hall–Kier alpha value is -0.200. The summed E-state index contributed by atoms with van der Waals surface area (Å²) in [5.41, 5.74) is 0. The number of hydrogen-bond donors (Lipinski definition) is 2. The molecule has 0 atom stereocenters. The van der Waals surface area contributed by atoms with E-state index in [0.29, 0.717) is 33.0 Å². The summed E-state index contributed by atoms with van der Waals surface area (Å²) in [6.07, 6.45) is 1.15. The zero-order valence-electron chi connectivity index (χ0n) is 10.2. The standard InChI is InChI=1S/C11H25NO4/c1-2-3-12-4-6-14-8-10-16-11-9-15-7-5-13/h12-13H,2-11H2,1H3. The molecule has 0 saturated carbocycles. The zero-order valence-corrected chi connectivity index (χ0v) is 10.2. The van der Waals surface area contributed by atoms with Crippen molar-refractivity contribution in [3.63, 3.8) is 0 Å². The summed E-state index contributed by atoms with van der Waals surface area (Å²) in [7, 11) is 0. The van der Waals surface area contributed by atoms with Gasteiger partial charge in [0.25, 0.3) is 0 Å². The van der Waals surface area contributed by atoms with E-state index in [1.54, 1.807) is 0 Å². The molecule has 0 aliphatic rings. The first-order chi connectivity index (χ1) is 7.91. The van der Waals surface area contributed by atoms with Gasteiger partial charge in [0.1, 0.15) is 0 Å². The lowest BCUT2D eigenvalue weighted by molar-refractivity contribution is 0.00822. The van der Waals surface area contributed by atoms with E-state index in [2.05, 4.69) is 12.2 Å². The van der Waals surface area contributed by atoms with Gasteiger partial charge in [-0.25, -0.2) is 0 Å². The van der Waals surface area contributed by atoms with Gasteiger partial charge in [-0.05, 0) is 13.0 Å². The quantitative estimate of drug-likeness (QED) is 0.441. The highest BCUT2D eigenvalue weighted by atomic mass is 16.5. The molecule has 0 aliphatic carbocycles. The predicted octanol–water partition coefficient (Wildman–Crippen LogP) is 0.0281. The molecule has 0 radical (unpaired) electrons. The largest absolute Gasteiger partial charge is 0.394 e. The van der Waals surface area contributed by atoms with E-state index >= 15 is 0 Å². The normalized spacial score (nSPS) is 10.9. The Morgan fingerprint density at radius 1 is 0.812 bits per heavy atom. The fraction of sp³-hybridized carbons (Fsp3) is 1.00. The topological polar surface area (TPSA) is 60.0 Å². The van der Waals surface area contributed by atoms with Gasteiger partial charge in [0, 0.05) is 6.54 Å². The van der Waals surface area contributed by atoms with E-state index in [1.807, 2.05) is 0 Å². The Balaban J connectivity index is 2.83. The van der Waals surface area contributed by atoms with Crippen LogP contribution in [0.1, 0.15) is 13.3 Å². The zero-order chi connectivity index (χ0) is 11.9. The van der Waals surface area contributed by atoms with Crippen molar-refractivity contribution < 1.29 is 19.3 Å². The van der Waals surface area contributed by atoms with Crippen molar-refractivity contribution in [3.05, 3.63) is 0 Å². The molecule has 0 rings (SSSR count). The van der Waals surface area contributed by atoms with E-state index < -0.39 is 0 Å². The molecule has 0 aromatic carbocycles. The lowest BCUT2D eigenvalue weighted by atomic mass is 10.5. The molecule has 5 heteroatoms. The third-order valence-electron chi connectivity index (χ3n) is 1.83. The first kappa shape index (κ1) is 15.8. The lowest BCUT2D eigenvalue weighted by Gasteiger charge is -2.06. The van der Waals surface area contributed by atoms with Crippen LogP contribution in [-0.4, -0.2) is 64.4 Å². The van der Waals surface area contributed by atoms with Crippen molar-refractivity contribution in [3.8, 4) is 0 Å². The fourth-order valence-corrected chi connectivity index (χ4v) is 1.05.